The van der Waals surface area contributed by atoms with Gasteiger partial charge in [-0.15, -0.1) is 0 Å². The molecular weight excluding hydrogens is 347 g/mol. The minimum Gasteiger partial charge on any atom is -0.481 e. The van der Waals surface area contributed by atoms with Crippen LogP contribution in [0.1, 0.15) is 63.1 Å². The number of hydrogen-bond acceptors (Lipinski definition) is 4. The Morgan fingerprint density at radius 1 is 1.32 bits per heavy atom. The number of nitrogens with zero attached hydrogens (tertiary/aromatic N) is 1. The number of carboxylic acids is 1. The van der Waals surface area contributed by atoms with Crippen molar-refractivity contribution in [1.29, 1.82) is 0 Å². The molecule has 0 radical (unpaired) electrons. The van der Waals surface area contributed by atoms with E-state index >= 15 is 0 Å². The van der Waals surface area contributed by atoms with Gasteiger partial charge in [-0.2, -0.15) is 12.8 Å². The van der Waals surface area contributed by atoms with E-state index in [-0.39, 0.29) is 24.8 Å². The van der Waals surface area contributed by atoms with Crippen LogP contribution in [0.3, 0.4) is 0 Å². The Morgan fingerprint density at radius 3 is 2.50 bits per heavy atom. The zero-order valence-corrected chi connectivity index (χ0v) is 17.7. The molecule has 1 aliphatic carbocycles. The fourth-order valence-electron chi connectivity index (χ4n) is 2.36. The summed E-state index contributed by atoms with van der Waals surface area (Å²) in [6.07, 6.45) is 9.75. The van der Waals surface area contributed by atoms with Crippen LogP contribution in [0.5, 0.6) is 0 Å². The third-order valence-electron chi connectivity index (χ3n) is 4.57. The molecule has 0 aromatic carbocycles. The second-order valence-corrected chi connectivity index (χ2v) is 7.09. The average Bonchev–Trinajstić information content (AvgIpc) is 3.53. The van der Waals surface area contributed by atoms with Crippen molar-refractivity contribution in [2.75, 3.05) is 18.5 Å². The topological polar surface area (TPSA) is 82.5 Å². The standard InChI is InChI=1S/C13H19N2.C5H9O2.C4H7O.Li/c1-2-3-4-7-12-9-8-11-6-5-10-14-13(11)15-12;1-3-4(2)5(6)7;5-3-4-1-2-4;/h8-9H,1-7,10H2,(H,14,15);4H,1,3H2,2H3,(H,6,7);5H,1-3H2;/q3*-1;+1/t;4-;;/m.0../s1. The zero-order valence-electron chi connectivity index (χ0n) is 17.7. The molecule has 1 aromatic heterocycles. The van der Waals surface area contributed by atoms with E-state index in [4.69, 9.17) is 10.2 Å². The maximum Gasteiger partial charge on any atom is 1.00 e. The third-order valence-corrected chi connectivity index (χ3v) is 4.57. The van der Waals surface area contributed by atoms with E-state index in [1.807, 2.05) is 0 Å². The van der Waals surface area contributed by atoms with Crippen LogP contribution in [0.2, 0.25) is 0 Å². The number of hydrogen-bond donors (Lipinski definition) is 3. The number of rotatable bonds is 7. The van der Waals surface area contributed by atoms with E-state index in [2.05, 4.69) is 36.3 Å². The summed E-state index contributed by atoms with van der Waals surface area (Å²) < 4.78 is 0. The number of nitrogens with one attached hydrogen (secondary N) is 1. The number of aromatic nitrogens is 1. The summed E-state index contributed by atoms with van der Waals surface area (Å²) in [6, 6.07) is 4.41. The molecule has 1 atom stereocenters. The summed E-state index contributed by atoms with van der Waals surface area (Å²) in [5.74, 6) is 1.37. The van der Waals surface area contributed by atoms with Crippen molar-refractivity contribution in [2.45, 2.75) is 64.7 Å². The first-order valence-corrected chi connectivity index (χ1v) is 10.00. The Kier molecular flexibility index (Phi) is 15.3. The molecule has 1 aliphatic heterocycles. The summed E-state index contributed by atoms with van der Waals surface area (Å²) in [4.78, 5) is 14.5. The van der Waals surface area contributed by atoms with Crippen LogP contribution in [0.15, 0.2) is 12.1 Å². The summed E-state index contributed by atoms with van der Waals surface area (Å²) in [5.41, 5.74) is 2.60. The van der Waals surface area contributed by atoms with Crippen LogP contribution in [0.25, 0.3) is 0 Å². The van der Waals surface area contributed by atoms with Gasteiger partial charge in [0.05, 0.1) is 0 Å². The van der Waals surface area contributed by atoms with E-state index in [0.29, 0.717) is 13.0 Å². The van der Waals surface area contributed by atoms with Crippen molar-refractivity contribution in [3.8, 4) is 0 Å². The number of pyridine rings is 1. The van der Waals surface area contributed by atoms with Gasteiger partial charge in [0.15, 0.2) is 0 Å². The van der Waals surface area contributed by atoms with Crippen molar-refractivity contribution in [3.63, 3.8) is 0 Å². The molecule has 2 aliphatic rings. The Labute approximate surface area is 182 Å². The smallest absolute Gasteiger partial charge is 0.481 e. The molecule has 0 unspecified atom stereocenters. The Hall–Kier alpha value is -1.02. The fourth-order valence-corrected chi connectivity index (χ4v) is 2.36. The summed E-state index contributed by atoms with van der Waals surface area (Å²) in [7, 11) is 0. The maximum absolute atomic E-state index is 9.89. The SMILES string of the molecule is OC[C-]1CC1.[CH2-]CCCCc1ccc2c(n1)NCCC2.[CH2-]C[C@H](C)C(=O)O.[Li+]. The molecule has 1 aromatic rings. The number of aliphatic hydroxyl groups excluding tert-OH is 1. The van der Waals surface area contributed by atoms with Crippen molar-refractivity contribution in [2.24, 2.45) is 5.92 Å². The first kappa shape index (κ1) is 27.0. The first-order chi connectivity index (χ1) is 13.0. The number of aliphatic hydroxyl groups is 1. The second kappa shape index (κ2) is 15.8. The predicted molar refractivity (Wildman–Crippen MR) is 110 cm³/mol. The largest absolute Gasteiger partial charge is 1.00 e. The van der Waals surface area contributed by atoms with Gasteiger partial charge in [-0.25, -0.2) is 17.8 Å². The Bertz CT molecular complexity index is 551. The van der Waals surface area contributed by atoms with Crippen LogP contribution >= 0.6 is 0 Å². The normalized spacial score (nSPS) is 15.3. The van der Waals surface area contributed by atoms with Gasteiger partial charge in [0.1, 0.15) is 5.82 Å². The van der Waals surface area contributed by atoms with Gasteiger partial charge in [0.25, 0.3) is 0 Å². The van der Waals surface area contributed by atoms with E-state index in [0.717, 1.165) is 25.2 Å². The molecule has 0 bridgehead atoms. The van der Waals surface area contributed by atoms with Gasteiger partial charge in [0.2, 0.25) is 0 Å². The van der Waals surface area contributed by atoms with Crippen molar-refractivity contribution < 1.29 is 33.9 Å². The monoisotopic (exact) mass is 382 g/mol. The number of unbranched alkanes of at least 4 members (excludes halogenated alkanes) is 2. The number of aryl methyl sites for hydroxylation is 2. The molecule has 6 heteroatoms. The van der Waals surface area contributed by atoms with Crippen LogP contribution in [0, 0.1) is 25.7 Å². The zero-order chi connectivity index (χ0) is 20.1. The van der Waals surface area contributed by atoms with Gasteiger partial charge in [0, 0.05) is 18.2 Å². The molecule has 3 rings (SSSR count). The van der Waals surface area contributed by atoms with Crippen molar-refractivity contribution in [1.82, 2.24) is 4.98 Å². The van der Waals surface area contributed by atoms with E-state index in [9.17, 15) is 4.79 Å². The van der Waals surface area contributed by atoms with Gasteiger partial charge in [-0.1, -0.05) is 32.4 Å². The fraction of sp³-hybridized carbons (Fsp3) is 0.591. The van der Waals surface area contributed by atoms with Gasteiger partial charge >= 0.3 is 24.8 Å². The van der Waals surface area contributed by atoms with Crippen LogP contribution in [-0.2, 0) is 17.6 Å². The predicted octanol–water partition coefficient (Wildman–Crippen LogP) is 1.27. The Morgan fingerprint density at radius 2 is 2.04 bits per heavy atom. The van der Waals surface area contributed by atoms with Crippen LogP contribution in [0.4, 0.5) is 5.82 Å². The molecule has 2 heterocycles. The van der Waals surface area contributed by atoms with Crippen molar-refractivity contribution >= 4 is 11.8 Å². The van der Waals surface area contributed by atoms with Crippen LogP contribution in [-0.4, -0.2) is 34.3 Å². The number of carbonyl (C=O) groups is 1. The molecular formula is C22H35LiN2O3-2. The summed E-state index contributed by atoms with van der Waals surface area (Å²) >= 11 is 0. The van der Waals surface area contributed by atoms with Gasteiger partial charge in [-0.3, -0.25) is 10.7 Å². The van der Waals surface area contributed by atoms with E-state index < -0.39 is 5.97 Å². The van der Waals surface area contributed by atoms with Crippen molar-refractivity contribution in [3.05, 3.63) is 43.2 Å². The maximum atomic E-state index is 9.89. The van der Waals surface area contributed by atoms with Gasteiger partial charge in [-0.05, 0) is 30.9 Å². The number of anilines is 1. The number of fused-ring (bicyclic) bond motifs is 1. The molecule has 1 saturated carbocycles. The minimum atomic E-state index is -0.769. The third kappa shape index (κ3) is 11.7. The quantitative estimate of drug-likeness (QED) is 0.376. The molecule has 0 amide bonds. The van der Waals surface area contributed by atoms with Crippen LogP contribution < -0.4 is 24.2 Å². The molecule has 154 valence electrons. The van der Waals surface area contributed by atoms with E-state index in [1.165, 1.54) is 55.7 Å². The number of carboxylic acid groups (broad SMARTS) is 1. The number of aliphatic carboxylic acids is 1. The van der Waals surface area contributed by atoms with E-state index in [1.54, 1.807) is 6.92 Å². The molecule has 3 N–H and O–H groups in total. The molecule has 28 heavy (non-hydrogen) atoms. The molecule has 0 saturated heterocycles. The van der Waals surface area contributed by atoms with Gasteiger partial charge < -0.3 is 29.4 Å². The molecule has 1 fully saturated rings. The summed E-state index contributed by atoms with van der Waals surface area (Å²) in [5, 5.41) is 19.7. The summed E-state index contributed by atoms with van der Waals surface area (Å²) in [6.45, 7) is 10.3. The molecule has 0 spiro atoms. The minimum absolute atomic E-state index is 0. The molecule has 5 nitrogen and oxygen atoms in total. The second-order valence-electron chi connectivity index (χ2n) is 7.09. The Balaban J connectivity index is 0.000000468. The first-order valence-electron chi connectivity index (χ1n) is 10.00. The average molecular weight is 382 g/mol.